The molecule has 0 aromatic carbocycles. The first kappa shape index (κ1) is 23.2. The van der Waals surface area contributed by atoms with Crippen LogP contribution in [0.15, 0.2) is 18.3 Å². The summed E-state index contributed by atoms with van der Waals surface area (Å²) in [5, 5.41) is 3.22. The lowest BCUT2D eigenvalue weighted by atomic mass is 9.52. The predicted molar refractivity (Wildman–Crippen MR) is 117 cm³/mol. The van der Waals surface area contributed by atoms with Crippen LogP contribution in [0.3, 0.4) is 0 Å². The molecule has 0 radical (unpaired) electrons. The van der Waals surface area contributed by atoms with Gasteiger partial charge in [-0.15, -0.1) is 0 Å². The molecule has 5 aliphatic rings. The van der Waals surface area contributed by atoms with Gasteiger partial charge in [-0.3, -0.25) is 9.69 Å². The number of ether oxygens (including phenoxy) is 1. The molecule has 186 valence electrons. The quantitative estimate of drug-likeness (QED) is 0.670. The van der Waals surface area contributed by atoms with E-state index in [1.807, 2.05) is 4.90 Å². The molecule has 34 heavy (non-hydrogen) atoms. The Morgan fingerprint density at radius 3 is 2.44 bits per heavy atom. The standard InChI is InChI=1S/C23H30F3N5O3/c24-23(25,26)17-2-1-3-28-20(17)31-6-4-30(5-7-31)13-18(32)29-19-15-8-14-9-16(19)12-22(10-14,11-15)34-21(27)33/h1-3,14-16,19H,4-13H2,(H2,27,33)(H,29,32). The number of hydrogen-bond donors (Lipinski definition) is 2. The minimum Gasteiger partial charge on any atom is -0.443 e. The summed E-state index contributed by atoms with van der Waals surface area (Å²) >= 11 is 0. The van der Waals surface area contributed by atoms with Crippen molar-refractivity contribution in [2.75, 3.05) is 37.6 Å². The number of amides is 2. The van der Waals surface area contributed by atoms with E-state index in [0.717, 1.165) is 38.2 Å². The minimum atomic E-state index is -4.46. The highest BCUT2D eigenvalue weighted by Gasteiger charge is 2.57. The first-order chi connectivity index (χ1) is 16.1. The van der Waals surface area contributed by atoms with Crippen molar-refractivity contribution >= 4 is 17.8 Å². The molecule has 1 aromatic heterocycles. The highest BCUT2D eigenvalue weighted by atomic mass is 19.4. The number of aromatic nitrogens is 1. The zero-order chi connectivity index (χ0) is 24.1. The summed E-state index contributed by atoms with van der Waals surface area (Å²) in [4.78, 5) is 31.8. The van der Waals surface area contributed by atoms with Crippen LogP contribution in [0, 0.1) is 17.8 Å². The van der Waals surface area contributed by atoms with Crippen LogP contribution in [0.5, 0.6) is 0 Å². The SMILES string of the molecule is NC(=O)OC12CC3CC(C1)C(NC(=O)CN1CCN(c4ncccc4C(F)(F)F)CC1)C(C3)C2. The normalized spacial score (nSPS) is 33.1. The zero-order valence-electron chi connectivity index (χ0n) is 18.9. The van der Waals surface area contributed by atoms with Crippen molar-refractivity contribution in [1.82, 2.24) is 15.2 Å². The van der Waals surface area contributed by atoms with E-state index in [4.69, 9.17) is 10.5 Å². The number of carbonyl (C=O) groups excluding carboxylic acids is 2. The second-order valence-corrected chi connectivity index (χ2v) is 10.3. The van der Waals surface area contributed by atoms with Gasteiger partial charge >= 0.3 is 12.3 Å². The van der Waals surface area contributed by atoms with Crippen molar-refractivity contribution in [1.29, 1.82) is 0 Å². The van der Waals surface area contributed by atoms with E-state index in [9.17, 15) is 22.8 Å². The third-order valence-corrected chi connectivity index (χ3v) is 7.99. The Bertz CT molecular complexity index is 934. The Kier molecular flexibility index (Phi) is 5.86. The van der Waals surface area contributed by atoms with E-state index in [-0.39, 0.29) is 36.1 Å². The number of anilines is 1. The van der Waals surface area contributed by atoms with E-state index in [2.05, 4.69) is 10.3 Å². The molecule has 2 atom stereocenters. The zero-order valence-corrected chi connectivity index (χ0v) is 18.9. The Balaban J connectivity index is 1.15. The number of alkyl halides is 3. The lowest BCUT2D eigenvalue weighted by Gasteiger charge is -2.59. The number of nitrogens with one attached hydrogen (secondary N) is 1. The average Bonchev–Trinajstić information content (AvgIpc) is 2.75. The molecule has 2 heterocycles. The summed E-state index contributed by atoms with van der Waals surface area (Å²) in [5.41, 5.74) is 4.10. The van der Waals surface area contributed by atoms with Crippen LogP contribution in [0.4, 0.5) is 23.8 Å². The molecule has 5 fully saturated rings. The van der Waals surface area contributed by atoms with Gasteiger partial charge in [0.2, 0.25) is 5.91 Å². The molecule has 6 rings (SSSR count). The smallest absolute Gasteiger partial charge is 0.419 e. The Labute approximate surface area is 196 Å². The number of nitrogens with two attached hydrogens (primary N) is 1. The summed E-state index contributed by atoms with van der Waals surface area (Å²) in [6.07, 6.45) is 0.561. The number of primary amides is 1. The van der Waals surface area contributed by atoms with Gasteiger partial charge in [0.25, 0.3) is 0 Å². The second-order valence-electron chi connectivity index (χ2n) is 10.3. The molecular formula is C23H30F3N5O3. The Morgan fingerprint density at radius 1 is 1.15 bits per heavy atom. The van der Waals surface area contributed by atoms with Crippen LogP contribution in [0.25, 0.3) is 0 Å². The fourth-order valence-electron chi connectivity index (χ4n) is 6.95. The molecule has 2 unspecified atom stereocenters. The van der Waals surface area contributed by atoms with Gasteiger partial charge in [0, 0.05) is 38.4 Å². The Morgan fingerprint density at radius 2 is 1.82 bits per heavy atom. The summed E-state index contributed by atoms with van der Waals surface area (Å²) in [6.45, 7) is 1.92. The molecule has 4 bridgehead atoms. The lowest BCUT2D eigenvalue weighted by molar-refractivity contribution is -0.147. The van der Waals surface area contributed by atoms with Crippen molar-refractivity contribution in [2.45, 2.75) is 49.9 Å². The van der Waals surface area contributed by atoms with Gasteiger partial charge in [0.15, 0.2) is 0 Å². The lowest BCUT2D eigenvalue weighted by Crippen LogP contribution is -2.63. The van der Waals surface area contributed by atoms with Crippen molar-refractivity contribution in [2.24, 2.45) is 23.5 Å². The van der Waals surface area contributed by atoms with E-state index in [0.29, 0.717) is 32.1 Å². The molecule has 1 aromatic rings. The number of carbonyl (C=O) groups is 2. The van der Waals surface area contributed by atoms with Crippen LogP contribution in [0.1, 0.15) is 37.7 Å². The highest BCUT2D eigenvalue weighted by Crippen LogP contribution is 2.57. The van der Waals surface area contributed by atoms with Crippen LogP contribution in [-0.2, 0) is 15.7 Å². The largest absolute Gasteiger partial charge is 0.443 e. The topological polar surface area (TPSA) is 101 Å². The number of hydrogen-bond acceptors (Lipinski definition) is 6. The summed E-state index contributed by atoms with van der Waals surface area (Å²) in [7, 11) is 0. The monoisotopic (exact) mass is 481 g/mol. The van der Waals surface area contributed by atoms with Gasteiger partial charge in [0.05, 0.1) is 12.1 Å². The van der Waals surface area contributed by atoms with Gasteiger partial charge in [-0.1, -0.05) is 0 Å². The van der Waals surface area contributed by atoms with Crippen molar-refractivity contribution < 1.29 is 27.5 Å². The van der Waals surface area contributed by atoms with E-state index >= 15 is 0 Å². The number of nitrogens with zero attached hydrogens (tertiary/aromatic N) is 3. The van der Waals surface area contributed by atoms with Crippen molar-refractivity contribution in [3.8, 4) is 0 Å². The Hall–Kier alpha value is -2.56. The molecule has 4 saturated carbocycles. The van der Waals surface area contributed by atoms with Crippen LogP contribution < -0.4 is 16.0 Å². The van der Waals surface area contributed by atoms with Gasteiger partial charge in [-0.05, 0) is 62.0 Å². The van der Waals surface area contributed by atoms with E-state index in [1.54, 1.807) is 4.90 Å². The molecule has 8 nitrogen and oxygen atoms in total. The fourth-order valence-corrected chi connectivity index (χ4v) is 6.95. The fraction of sp³-hybridized carbons (Fsp3) is 0.696. The molecule has 11 heteroatoms. The molecule has 1 aliphatic heterocycles. The molecule has 4 aliphatic carbocycles. The molecule has 2 amide bonds. The molecule has 3 N–H and O–H groups in total. The third-order valence-electron chi connectivity index (χ3n) is 7.99. The molecule has 1 saturated heterocycles. The van der Waals surface area contributed by atoms with Crippen molar-refractivity contribution in [3.63, 3.8) is 0 Å². The second kappa shape index (κ2) is 8.58. The molecular weight excluding hydrogens is 451 g/mol. The van der Waals surface area contributed by atoms with Crippen molar-refractivity contribution in [3.05, 3.63) is 23.9 Å². The van der Waals surface area contributed by atoms with Gasteiger partial charge < -0.3 is 20.7 Å². The maximum Gasteiger partial charge on any atom is 0.419 e. The maximum atomic E-state index is 13.3. The molecule has 0 spiro atoms. The van der Waals surface area contributed by atoms with Crippen LogP contribution >= 0.6 is 0 Å². The summed E-state index contributed by atoms with van der Waals surface area (Å²) < 4.78 is 45.5. The number of rotatable bonds is 5. The predicted octanol–water partition coefficient (Wildman–Crippen LogP) is 2.38. The van der Waals surface area contributed by atoms with E-state index in [1.165, 1.54) is 12.3 Å². The van der Waals surface area contributed by atoms with Gasteiger partial charge in [-0.25, -0.2) is 9.78 Å². The average molecular weight is 482 g/mol. The first-order valence-electron chi connectivity index (χ1n) is 11.9. The van der Waals surface area contributed by atoms with Gasteiger partial charge in [-0.2, -0.15) is 13.2 Å². The number of piperazine rings is 1. The maximum absolute atomic E-state index is 13.3. The number of halogens is 3. The van der Waals surface area contributed by atoms with Crippen LogP contribution in [-0.4, -0.2) is 66.3 Å². The highest BCUT2D eigenvalue weighted by molar-refractivity contribution is 5.78. The minimum absolute atomic E-state index is 0.0557. The van der Waals surface area contributed by atoms with Gasteiger partial charge in [0.1, 0.15) is 11.4 Å². The first-order valence-corrected chi connectivity index (χ1v) is 11.9. The van der Waals surface area contributed by atoms with E-state index < -0.39 is 23.4 Å². The number of pyridine rings is 1. The summed E-state index contributed by atoms with van der Waals surface area (Å²) in [5.74, 6) is 0.934. The van der Waals surface area contributed by atoms with Crippen LogP contribution in [0.2, 0.25) is 0 Å². The third kappa shape index (κ3) is 4.54. The summed E-state index contributed by atoms with van der Waals surface area (Å²) in [6, 6.07) is 2.41.